The Morgan fingerprint density at radius 1 is 1.50 bits per heavy atom. The zero-order valence-corrected chi connectivity index (χ0v) is 9.64. The first kappa shape index (κ1) is 12.0. The molecule has 92 valence electrons. The van der Waals surface area contributed by atoms with E-state index in [0.717, 1.165) is 12.0 Å². The first-order chi connectivity index (χ1) is 8.63. The van der Waals surface area contributed by atoms with Crippen molar-refractivity contribution in [3.8, 4) is 12.3 Å². The van der Waals surface area contributed by atoms with Gasteiger partial charge in [-0.25, -0.2) is 9.59 Å². The fraction of sp³-hybridized carbons (Fsp3) is 0.231. The summed E-state index contributed by atoms with van der Waals surface area (Å²) in [5.74, 6) is 1.32. The number of carboxylic acids is 1. The lowest BCUT2D eigenvalue weighted by molar-refractivity contribution is 0.0697. The molecule has 0 aromatic heterocycles. The van der Waals surface area contributed by atoms with E-state index in [1.165, 1.54) is 11.0 Å². The molecule has 0 spiro atoms. The SMILES string of the molecule is C#CCNC(=O)N1CCc2ccc(C(=O)O)cc21. The van der Waals surface area contributed by atoms with Gasteiger partial charge in [0, 0.05) is 12.2 Å². The van der Waals surface area contributed by atoms with Crippen LogP contribution in [0.1, 0.15) is 15.9 Å². The van der Waals surface area contributed by atoms with Crippen LogP contribution >= 0.6 is 0 Å². The van der Waals surface area contributed by atoms with Gasteiger partial charge in [0.25, 0.3) is 0 Å². The number of amides is 2. The Morgan fingerprint density at radius 2 is 2.28 bits per heavy atom. The molecule has 2 rings (SSSR count). The number of carbonyl (C=O) groups excluding carboxylic acids is 1. The Balaban J connectivity index is 2.26. The van der Waals surface area contributed by atoms with Crippen LogP contribution in [-0.2, 0) is 6.42 Å². The topological polar surface area (TPSA) is 69.6 Å². The molecule has 2 amide bonds. The number of terminal acetylenes is 1. The fourth-order valence-electron chi connectivity index (χ4n) is 1.95. The lowest BCUT2D eigenvalue weighted by Gasteiger charge is -2.17. The number of carboxylic acid groups (broad SMARTS) is 1. The number of anilines is 1. The number of hydrogen-bond acceptors (Lipinski definition) is 2. The van der Waals surface area contributed by atoms with Gasteiger partial charge in [0.2, 0.25) is 0 Å². The fourth-order valence-corrected chi connectivity index (χ4v) is 1.95. The molecular weight excluding hydrogens is 232 g/mol. The summed E-state index contributed by atoms with van der Waals surface area (Å²) in [5.41, 5.74) is 1.78. The highest BCUT2D eigenvalue weighted by Gasteiger charge is 2.25. The van der Waals surface area contributed by atoms with Crippen LogP contribution in [0.15, 0.2) is 18.2 Å². The first-order valence-corrected chi connectivity index (χ1v) is 5.48. The molecule has 2 N–H and O–H groups in total. The third kappa shape index (κ3) is 2.13. The number of fused-ring (bicyclic) bond motifs is 1. The van der Waals surface area contributed by atoms with E-state index in [9.17, 15) is 9.59 Å². The molecule has 0 atom stereocenters. The summed E-state index contributed by atoms with van der Waals surface area (Å²) >= 11 is 0. The molecular formula is C13H12N2O3. The van der Waals surface area contributed by atoms with E-state index in [1.807, 2.05) is 0 Å². The molecule has 1 aromatic rings. The van der Waals surface area contributed by atoms with Crippen LogP contribution in [0.4, 0.5) is 10.5 Å². The summed E-state index contributed by atoms with van der Waals surface area (Å²) in [7, 11) is 0. The average Bonchev–Trinajstić information content (AvgIpc) is 2.78. The zero-order valence-electron chi connectivity index (χ0n) is 9.64. The number of carbonyl (C=O) groups is 2. The van der Waals surface area contributed by atoms with Crippen LogP contribution in [0.5, 0.6) is 0 Å². The summed E-state index contributed by atoms with van der Waals surface area (Å²) in [4.78, 5) is 24.2. The van der Waals surface area contributed by atoms with Gasteiger partial charge in [-0.15, -0.1) is 6.42 Å². The molecule has 18 heavy (non-hydrogen) atoms. The third-order valence-corrected chi connectivity index (χ3v) is 2.81. The minimum Gasteiger partial charge on any atom is -0.478 e. The van der Waals surface area contributed by atoms with Gasteiger partial charge in [-0.3, -0.25) is 4.90 Å². The zero-order chi connectivity index (χ0) is 13.1. The molecule has 0 fully saturated rings. The van der Waals surface area contributed by atoms with Crippen molar-refractivity contribution in [3.05, 3.63) is 29.3 Å². The summed E-state index contributed by atoms with van der Waals surface area (Å²) in [5, 5.41) is 11.5. The molecule has 0 unspecified atom stereocenters. The van der Waals surface area contributed by atoms with E-state index in [4.69, 9.17) is 11.5 Å². The molecule has 1 aromatic carbocycles. The normalized spacial score (nSPS) is 12.7. The number of aromatic carboxylic acids is 1. The largest absolute Gasteiger partial charge is 0.478 e. The second-order valence-electron chi connectivity index (χ2n) is 3.91. The van der Waals surface area contributed by atoms with Gasteiger partial charge in [-0.1, -0.05) is 12.0 Å². The number of nitrogens with one attached hydrogen (secondary N) is 1. The van der Waals surface area contributed by atoms with E-state index in [2.05, 4.69) is 11.2 Å². The Hall–Kier alpha value is -2.48. The van der Waals surface area contributed by atoms with E-state index in [-0.39, 0.29) is 18.1 Å². The van der Waals surface area contributed by atoms with Crippen molar-refractivity contribution in [2.45, 2.75) is 6.42 Å². The van der Waals surface area contributed by atoms with Gasteiger partial charge in [0.15, 0.2) is 0 Å². The van der Waals surface area contributed by atoms with E-state index in [1.54, 1.807) is 12.1 Å². The summed E-state index contributed by atoms with van der Waals surface area (Å²) in [6.45, 7) is 0.693. The maximum absolute atomic E-state index is 11.8. The third-order valence-electron chi connectivity index (χ3n) is 2.81. The Labute approximate surface area is 104 Å². The van der Waals surface area contributed by atoms with Gasteiger partial charge in [-0.2, -0.15) is 0 Å². The quantitative estimate of drug-likeness (QED) is 0.765. The highest BCUT2D eigenvalue weighted by molar-refractivity contribution is 5.97. The molecule has 5 heteroatoms. The Kier molecular flexibility index (Phi) is 3.20. The van der Waals surface area contributed by atoms with Crippen molar-refractivity contribution < 1.29 is 14.7 Å². The highest BCUT2D eigenvalue weighted by atomic mass is 16.4. The number of rotatable bonds is 2. The number of nitrogens with zero attached hydrogens (tertiary/aromatic N) is 1. The summed E-state index contributed by atoms with van der Waals surface area (Å²) in [6.07, 6.45) is 5.79. The minimum atomic E-state index is -1.01. The predicted octanol–water partition coefficient (Wildman–Crippen LogP) is 1.09. The van der Waals surface area contributed by atoms with Crippen molar-refractivity contribution in [2.75, 3.05) is 18.0 Å². The van der Waals surface area contributed by atoms with Crippen LogP contribution < -0.4 is 10.2 Å². The van der Waals surface area contributed by atoms with Gasteiger partial charge in [0.1, 0.15) is 0 Å². The molecule has 1 heterocycles. The second kappa shape index (κ2) is 4.80. The monoisotopic (exact) mass is 244 g/mol. The average molecular weight is 244 g/mol. The van der Waals surface area contributed by atoms with Crippen LogP contribution in [0.3, 0.4) is 0 Å². The van der Waals surface area contributed by atoms with Crippen LogP contribution in [0, 0.1) is 12.3 Å². The Morgan fingerprint density at radius 3 is 2.94 bits per heavy atom. The Bertz CT molecular complexity index is 546. The van der Waals surface area contributed by atoms with E-state index < -0.39 is 5.97 Å². The maximum Gasteiger partial charge on any atom is 0.335 e. The van der Waals surface area contributed by atoms with Crippen LogP contribution in [0.2, 0.25) is 0 Å². The molecule has 0 bridgehead atoms. The molecule has 0 radical (unpaired) electrons. The number of hydrogen-bond donors (Lipinski definition) is 2. The summed E-state index contributed by atoms with van der Waals surface area (Å²) < 4.78 is 0. The van der Waals surface area contributed by atoms with E-state index >= 15 is 0 Å². The smallest absolute Gasteiger partial charge is 0.335 e. The van der Waals surface area contributed by atoms with Gasteiger partial charge in [0.05, 0.1) is 12.1 Å². The van der Waals surface area contributed by atoms with Gasteiger partial charge < -0.3 is 10.4 Å². The number of benzene rings is 1. The maximum atomic E-state index is 11.8. The number of urea groups is 1. The molecule has 1 aliphatic heterocycles. The standard InChI is InChI=1S/C13H12N2O3/c1-2-6-14-13(18)15-7-5-9-3-4-10(12(16)17)8-11(9)15/h1,3-4,8H,5-7H2,(H,14,18)(H,16,17). The summed E-state index contributed by atoms with van der Waals surface area (Å²) in [6, 6.07) is 4.51. The molecule has 1 aliphatic rings. The van der Waals surface area contributed by atoms with Crippen LogP contribution in [0.25, 0.3) is 0 Å². The molecule has 0 aliphatic carbocycles. The van der Waals surface area contributed by atoms with Crippen molar-refractivity contribution >= 4 is 17.7 Å². The molecule has 0 saturated heterocycles. The van der Waals surface area contributed by atoms with Crippen molar-refractivity contribution in [1.29, 1.82) is 0 Å². The van der Waals surface area contributed by atoms with Gasteiger partial charge >= 0.3 is 12.0 Å². The highest BCUT2D eigenvalue weighted by Crippen LogP contribution is 2.29. The van der Waals surface area contributed by atoms with Gasteiger partial charge in [-0.05, 0) is 24.1 Å². The second-order valence-corrected chi connectivity index (χ2v) is 3.91. The first-order valence-electron chi connectivity index (χ1n) is 5.48. The van der Waals surface area contributed by atoms with Crippen LogP contribution in [-0.4, -0.2) is 30.2 Å². The lowest BCUT2D eigenvalue weighted by atomic mass is 10.1. The minimum absolute atomic E-state index is 0.156. The van der Waals surface area contributed by atoms with Crippen molar-refractivity contribution in [2.24, 2.45) is 0 Å². The lowest BCUT2D eigenvalue weighted by Crippen LogP contribution is -2.39. The van der Waals surface area contributed by atoms with E-state index in [0.29, 0.717) is 12.2 Å². The molecule has 5 nitrogen and oxygen atoms in total. The predicted molar refractivity (Wildman–Crippen MR) is 66.7 cm³/mol. The van der Waals surface area contributed by atoms with Crippen molar-refractivity contribution in [1.82, 2.24) is 5.32 Å². The molecule has 0 saturated carbocycles. The van der Waals surface area contributed by atoms with Crippen molar-refractivity contribution in [3.63, 3.8) is 0 Å².